The summed E-state index contributed by atoms with van der Waals surface area (Å²) in [6.45, 7) is 32.9. The summed E-state index contributed by atoms with van der Waals surface area (Å²) in [7, 11) is 0. The number of hydrogen-bond acceptors (Lipinski definition) is 26. The summed E-state index contributed by atoms with van der Waals surface area (Å²) in [6, 6.07) is 0. The first-order valence-corrected chi connectivity index (χ1v) is 41.4. The molecule has 12 aliphatic heterocycles. The summed E-state index contributed by atoms with van der Waals surface area (Å²) in [5, 5.41) is 110. The summed E-state index contributed by atoms with van der Waals surface area (Å²) in [5.74, 6) is -14.6. The van der Waals surface area contributed by atoms with Crippen molar-refractivity contribution in [1.29, 1.82) is 0 Å². The number of Topliss-reactive ketones (excluding diaryl/α,β-unsaturated/α-hetero) is 4. The molecule has 12 spiro atoms. The Bertz CT molecular complexity index is 4530. The Morgan fingerprint density at radius 1 is 0.411 bits per heavy atom. The number of carbonyl (C=O) groups is 7. The molecule has 13 saturated carbocycles. The standard InChI is InChI=1S/C23H29NO6.C23H28O6.C20H25NO6.C20H28O6/c1-18(2)8-7-13(25)20-10-28-23(15(26)14(18)20)22-12(20)6-5-11(21(9-24-21)17(22)27)16(22)29-19(3,4)30-23;1-11-12-6-7-13-21-10-27-23(17(26)15(21)19(2,3)9-8-14(21)24)22(13,16(11)25)18(12)28-20(4,5)29-23;1-16(2)6-5-11(22)17-8-27-20(26,14(24)12(16)17)19-10(17)4-3-9(13(19)23)18(7-21-18)15(19)25;1-9-10-4-5-11-18-8-26-20(25,19(11,14(9)22)15(10)23)16(24)13(18)17(2,3)7-6-12(18)21/h7-8,11-12,14-16,24,26H,5-6,9-10H2,1-4H3;8-9,12-13,15,17-18,26H,1,6-7,10H2,2-5H3;5-6,9-10,12-14,21,23-24,26H,3-4,7-8H2,1-2H3;10-13,15-16,21,23-25H,1,4-8H2,2-3H3/t11-,12?,14?,15+,16-,20-,21?,22-,23+;12-,13?,15?,17-,18+,21+,22-,23-;9-,10?,12?,13-,14+,17-,18?,19-,20-;10-,11?,12-,13+,15+,16-,18+,19-,20+/m1010/s1. The average molecular weight is 1560 g/mol. The molecule has 0 radical (unpaired) electrons. The molecule has 28 aliphatic rings. The number of nitrogens with one attached hydrogen (secondary N) is 2. The van der Waals surface area contributed by atoms with Gasteiger partial charge < -0.3 is 94.5 Å². The number of fused-ring (bicyclic) bond motifs is 8. The van der Waals surface area contributed by atoms with Crippen LogP contribution in [0.4, 0.5) is 0 Å². The van der Waals surface area contributed by atoms with E-state index in [1.165, 1.54) is 0 Å². The lowest BCUT2D eigenvalue weighted by molar-refractivity contribution is -0.522. The van der Waals surface area contributed by atoms with Crippen molar-refractivity contribution in [2.45, 2.75) is 248 Å². The van der Waals surface area contributed by atoms with Crippen molar-refractivity contribution < 1.29 is 117 Å². The molecular formula is C86H110N2O24. The van der Waals surface area contributed by atoms with Crippen LogP contribution in [0.2, 0.25) is 0 Å². The molecule has 0 aromatic carbocycles. The molecule has 25 fully saturated rings. The fourth-order valence-corrected chi connectivity index (χ4v) is 33.1. The predicted octanol–water partition coefficient (Wildman–Crippen LogP) is 2.62. The second-order valence-corrected chi connectivity index (χ2v) is 42.8. The predicted molar refractivity (Wildman–Crippen MR) is 386 cm³/mol. The van der Waals surface area contributed by atoms with E-state index in [2.05, 4.69) is 37.6 Å². The van der Waals surface area contributed by atoms with E-state index in [4.69, 9.17) is 37.9 Å². The van der Waals surface area contributed by atoms with Crippen LogP contribution in [0.5, 0.6) is 0 Å². The fourth-order valence-electron chi connectivity index (χ4n) is 33.1. The molecular weight excluding hydrogens is 1440 g/mol. The minimum atomic E-state index is -2.18. The lowest BCUT2D eigenvalue weighted by Crippen LogP contribution is -2.88. The van der Waals surface area contributed by atoms with Crippen molar-refractivity contribution in [1.82, 2.24) is 10.6 Å². The van der Waals surface area contributed by atoms with Crippen molar-refractivity contribution >= 4 is 40.5 Å². The molecule has 0 aromatic heterocycles. The van der Waals surface area contributed by atoms with Gasteiger partial charge in [0.15, 0.2) is 52.1 Å². The van der Waals surface area contributed by atoms with Crippen LogP contribution in [0.3, 0.4) is 0 Å². The van der Waals surface area contributed by atoms with Gasteiger partial charge in [0.1, 0.15) is 46.1 Å². The van der Waals surface area contributed by atoms with Gasteiger partial charge in [-0.2, -0.15) is 0 Å². The molecule has 0 aromatic rings. The van der Waals surface area contributed by atoms with Gasteiger partial charge in [0.25, 0.3) is 0 Å². The minimum absolute atomic E-state index is 0.00791. The third kappa shape index (κ3) is 7.24. The maximum atomic E-state index is 14.3. The van der Waals surface area contributed by atoms with E-state index in [0.29, 0.717) is 62.8 Å². The topological polar surface area (TPSA) is 419 Å². The van der Waals surface area contributed by atoms with Crippen molar-refractivity contribution in [3.63, 3.8) is 0 Å². The first-order valence-electron chi connectivity index (χ1n) is 41.4. The van der Waals surface area contributed by atoms with Crippen LogP contribution in [0, 0.1) is 136 Å². The second kappa shape index (κ2) is 21.1. The summed E-state index contributed by atoms with van der Waals surface area (Å²) >= 11 is 0. The van der Waals surface area contributed by atoms with Gasteiger partial charge in [-0.05, 0) is 167 Å². The van der Waals surface area contributed by atoms with Crippen LogP contribution in [-0.2, 0) is 71.5 Å². The normalized spacial score (nSPS) is 59.4. The third-order valence-electron chi connectivity index (χ3n) is 36.7. The molecule has 35 atom stereocenters. The molecule has 28 rings (SSSR count). The number of carbonyl (C=O) groups excluding carboxylic acids is 7. The fraction of sp³-hybridized carbons (Fsp3) is 0.802. The van der Waals surface area contributed by atoms with Crippen LogP contribution in [0.25, 0.3) is 0 Å². The molecule has 26 nitrogen and oxygen atoms in total. The van der Waals surface area contributed by atoms with E-state index in [9.17, 15) is 79.5 Å². The number of rotatable bonds is 0. The molecule has 12 heterocycles. The Morgan fingerprint density at radius 3 is 1.36 bits per heavy atom. The van der Waals surface area contributed by atoms with E-state index in [1.54, 1.807) is 38.2 Å². The first kappa shape index (κ1) is 75.1. The van der Waals surface area contributed by atoms with E-state index < -0.39 is 202 Å². The van der Waals surface area contributed by atoms with Crippen LogP contribution in [-0.4, -0.2) is 227 Å². The Hall–Kier alpha value is -4.37. The molecule has 11 N–H and O–H groups in total. The summed E-state index contributed by atoms with van der Waals surface area (Å²) in [4.78, 5) is 95.6. The lowest BCUT2D eigenvalue weighted by Gasteiger charge is -2.75. The Balaban J connectivity index is 0.0000000944. The Kier molecular flexibility index (Phi) is 14.1. The highest BCUT2D eigenvalue weighted by atomic mass is 16.8. The van der Waals surface area contributed by atoms with Crippen LogP contribution >= 0.6 is 0 Å². The molecule has 9 unspecified atom stereocenters. The zero-order valence-corrected chi connectivity index (χ0v) is 66.0. The van der Waals surface area contributed by atoms with Crippen molar-refractivity contribution in [3.05, 3.63) is 60.8 Å². The monoisotopic (exact) mass is 1550 g/mol. The zero-order valence-electron chi connectivity index (χ0n) is 66.0. The SMILES string of the molecule is C=C1C(=O)[C@@]23C(CC[C@@H]1[C@H]2O)[C@@]12CO[C@]3(O)[C@@H](O)[C@@H]1C(C)(C)CC[C@@H]2O.C=C1C(=O)[C@@]23C4CC[C@@H]1[C@H]2OC(C)(C)O[C@]31OC[C@]42C(=O)C=CC(C)(C)C2[C@@H]1O.CC1(C)C=CC(=O)[C@]23CO[C@](O)([C@@H](O)C12)[C@]12C(=O)C4(CN4)[C@H](CCC31)[C@H]2O.CC1(C)O[C@@H]2[C@H]3CCC4[C@@]56CO[C@](O1)([C@@H](O)C5C(C)(C)C=CC6=O)[C@]42C(=O)C31CN1. The van der Waals surface area contributed by atoms with Crippen LogP contribution in [0.15, 0.2) is 60.8 Å². The minimum Gasteiger partial charge on any atom is -0.392 e. The maximum absolute atomic E-state index is 14.3. The molecule has 112 heavy (non-hydrogen) atoms. The van der Waals surface area contributed by atoms with Crippen molar-refractivity contribution in [2.75, 3.05) is 39.5 Å². The Morgan fingerprint density at radius 2 is 0.812 bits per heavy atom. The molecule has 16 aliphatic carbocycles. The van der Waals surface area contributed by atoms with Gasteiger partial charge in [-0.3, -0.25) is 33.6 Å². The number of aliphatic hydroxyl groups is 9. The first-order chi connectivity index (χ1) is 52.1. The van der Waals surface area contributed by atoms with Gasteiger partial charge in [0.05, 0.1) is 84.3 Å². The number of ether oxygens (including phenoxy) is 8. The largest absolute Gasteiger partial charge is 0.392 e. The van der Waals surface area contributed by atoms with E-state index in [-0.39, 0.29) is 102 Å². The zero-order chi connectivity index (χ0) is 79.9. The highest BCUT2D eigenvalue weighted by molar-refractivity contribution is 6.09. The van der Waals surface area contributed by atoms with E-state index in [1.807, 2.05) is 67.5 Å². The van der Waals surface area contributed by atoms with E-state index >= 15 is 0 Å². The van der Waals surface area contributed by atoms with Gasteiger partial charge in [0, 0.05) is 65.8 Å². The van der Waals surface area contributed by atoms with Crippen molar-refractivity contribution in [2.24, 2.45) is 136 Å². The number of hydrogen-bond donors (Lipinski definition) is 11. The van der Waals surface area contributed by atoms with Gasteiger partial charge in [-0.25, -0.2) is 0 Å². The average Bonchev–Trinajstić information content (AvgIpc) is 1.36. The summed E-state index contributed by atoms with van der Waals surface area (Å²) in [6.07, 6.45) is 8.11. The third-order valence-corrected chi connectivity index (χ3v) is 36.7. The molecule has 12 saturated heterocycles. The van der Waals surface area contributed by atoms with E-state index in [0.717, 1.165) is 25.7 Å². The number of aliphatic hydroxyl groups excluding tert-OH is 7. The van der Waals surface area contributed by atoms with Crippen LogP contribution < -0.4 is 10.6 Å². The van der Waals surface area contributed by atoms with Crippen molar-refractivity contribution in [3.8, 4) is 0 Å². The molecule has 16 bridgehead atoms. The van der Waals surface area contributed by atoms with Gasteiger partial charge >= 0.3 is 0 Å². The molecule has 608 valence electrons. The van der Waals surface area contributed by atoms with Gasteiger partial charge in [-0.1, -0.05) is 86.8 Å². The van der Waals surface area contributed by atoms with Crippen LogP contribution in [0.1, 0.15) is 147 Å². The Labute approximate surface area is 649 Å². The summed E-state index contributed by atoms with van der Waals surface area (Å²) < 4.78 is 50.2. The molecule has 0 amide bonds. The highest BCUT2D eigenvalue weighted by Crippen LogP contribution is 2.84. The smallest absolute Gasteiger partial charge is 0.213 e. The lowest BCUT2D eigenvalue weighted by atomic mass is 9.35. The maximum Gasteiger partial charge on any atom is 0.213 e. The molecule has 26 heteroatoms. The quantitative estimate of drug-likeness (QED) is 0.123. The number of allylic oxidation sites excluding steroid dienone is 6. The van der Waals surface area contributed by atoms with Gasteiger partial charge in [-0.15, -0.1) is 0 Å². The second-order valence-electron chi connectivity index (χ2n) is 42.8. The summed E-state index contributed by atoms with van der Waals surface area (Å²) in [5.41, 5.74) is -11.9. The number of ketones is 7. The van der Waals surface area contributed by atoms with Gasteiger partial charge in [0.2, 0.25) is 23.1 Å². The highest BCUT2D eigenvalue weighted by Gasteiger charge is 2.97.